The molecule has 2 rings (SSSR count). The van der Waals surface area contributed by atoms with Crippen LogP contribution in [0.5, 0.6) is 5.75 Å². The molecule has 0 aromatic heterocycles. The van der Waals surface area contributed by atoms with Crippen molar-refractivity contribution in [1.29, 1.82) is 0 Å². The van der Waals surface area contributed by atoms with Gasteiger partial charge in [-0.2, -0.15) is 0 Å². The summed E-state index contributed by atoms with van der Waals surface area (Å²) < 4.78 is 18.4. The van der Waals surface area contributed by atoms with Crippen molar-refractivity contribution < 1.29 is 18.7 Å². The topological polar surface area (TPSA) is 46.6 Å². The molecular formula is C18H18FNO3. The average molecular weight is 315 g/mol. The Kier molecular flexibility index (Phi) is 5.46. The fourth-order valence-corrected chi connectivity index (χ4v) is 2.13. The van der Waals surface area contributed by atoms with Crippen LogP contribution in [-0.2, 0) is 4.79 Å². The van der Waals surface area contributed by atoms with Gasteiger partial charge in [-0.3, -0.25) is 9.59 Å². The van der Waals surface area contributed by atoms with Crippen LogP contribution in [0, 0.1) is 5.82 Å². The number of hydrogen-bond donors (Lipinski definition) is 0. The predicted molar refractivity (Wildman–Crippen MR) is 86.4 cm³/mol. The highest BCUT2D eigenvalue weighted by molar-refractivity contribution is 5.95. The van der Waals surface area contributed by atoms with Gasteiger partial charge in [0.25, 0.3) is 5.91 Å². The molecule has 0 spiro atoms. The van der Waals surface area contributed by atoms with Crippen molar-refractivity contribution in [3.05, 3.63) is 59.9 Å². The van der Waals surface area contributed by atoms with E-state index in [1.165, 1.54) is 24.0 Å². The number of nitrogens with zero attached hydrogens (tertiary/aromatic N) is 1. The molecule has 2 aromatic carbocycles. The molecule has 0 N–H and O–H groups in total. The van der Waals surface area contributed by atoms with E-state index in [9.17, 15) is 14.0 Å². The first-order valence-electron chi connectivity index (χ1n) is 7.31. The molecular weight excluding hydrogens is 297 g/mol. The molecule has 0 aliphatic heterocycles. The van der Waals surface area contributed by atoms with Gasteiger partial charge < -0.3 is 9.64 Å². The average Bonchev–Trinajstić information content (AvgIpc) is 2.55. The molecule has 0 bridgehead atoms. The van der Waals surface area contributed by atoms with Crippen molar-refractivity contribution >= 4 is 17.4 Å². The number of hydrogen-bond acceptors (Lipinski definition) is 3. The number of halogens is 1. The lowest BCUT2D eigenvalue weighted by atomic mass is 10.1. The number of anilines is 1. The second-order valence-electron chi connectivity index (χ2n) is 4.98. The SMILES string of the molecule is CCN(C(=O)COc1ccc(C(C)=O)cc1)c1ccc(F)cc1. The van der Waals surface area contributed by atoms with Crippen molar-refractivity contribution in [1.82, 2.24) is 0 Å². The maximum Gasteiger partial charge on any atom is 0.264 e. The zero-order valence-electron chi connectivity index (χ0n) is 13.1. The van der Waals surface area contributed by atoms with Crippen molar-refractivity contribution in [3.8, 4) is 5.75 Å². The maximum atomic E-state index is 13.0. The quantitative estimate of drug-likeness (QED) is 0.767. The fraction of sp³-hybridized carbons (Fsp3) is 0.222. The predicted octanol–water partition coefficient (Wildman–Crippen LogP) is 3.46. The van der Waals surface area contributed by atoms with E-state index < -0.39 is 0 Å². The number of benzene rings is 2. The first kappa shape index (κ1) is 16.7. The number of amides is 1. The first-order valence-corrected chi connectivity index (χ1v) is 7.31. The third-order valence-electron chi connectivity index (χ3n) is 3.38. The van der Waals surface area contributed by atoms with Gasteiger partial charge in [-0.25, -0.2) is 4.39 Å². The molecule has 0 aliphatic carbocycles. The van der Waals surface area contributed by atoms with Crippen LogP contribution in [0.2, 0.25) is 0 Å². The van der Waals surface area contributed by atoms with Gasteiger partial charge in [-0.15, -0.1) is 0 Å². The van der Waals surface area contributed by atoms with Crippen molar-refractivity contribution in [3.63, 3.8) is 0 Å². The minimum Gasteiger partial charge on any atom is -0.484 e. The molecule has 0 aliphatic rings. The highest BCUT2D eigenvalue weighted by atomic mass is 19.1. The lowest BCUT2D eigenvalue weighted by molar-refractivity contribution is -0.120. The molecule has 0 atom stereocenters. The Bertz CT molecular complexity index is 680. The summed E-state index contributed by atoms with van der Waals surface area (Å²) in [6, 6.07) is 12.3. The molecule has 1 amide bonds. The highest BCUT2D eigenvalue weighted by Gasteiger charge is 2.14. The minimum absolute atomic E-state index is 0.0268. The van der Waals surface area contributed by atoms with E-state index in [-0.39, 0.29) is 24.1 Å². The van der Waals surface area contributed by atoms with Gasteiger partial charge in [0.15, 0.2) is 12.4 Å². The minimum atomic E-state index is -0.348. The van der Waals surface area contributed by atoms with E-state index in [1.807, 2.05) is 6.92 Å². The Hall–Kier alpha value is -2.69. The summed E-state index contributed by atoms with van der Waals surface area (Å²) in [5.74, 6) is -0.0894. The molecule has 0 heterocycles. The summed E-state index contributed by atoms with van der Waals surface area (Å²) in [6.45, 7) is 3.64. The van der Waals surface area contributed by atoms with Gasteiger partial charge in [0.2, 0.25) is 0 Å². The first-order chi connectivity index (χ1) is 11.0. The summed E-state index contributed by atoms with van der Waals surface area (Å²) in [7, 11) is 0. The standard InChI is InChI=1S/C18H18FNO3/c1-3-20(16-8-6-15(19)7-9-16)18(22)12-23-17-10-4-14(5-11-17)13(2)21/h4-11H,3,12H2,1-2H3. The van der Waals surface area contributed by atoms with Gasteiger partial charge in [0.1, 0.15) is 11.6 Å². The molecule has 0 fully saturated rings. The van der Waals surface area contributed by atoms with E-state index in [0.717, 1.165) is 0 Å². The van der Waals surface area contributed by atoms with Crippen molar-refractivity contribution in [2.45, 2.75) is 13.8 Å². The smallest absolute Gasteiger partial charge is 0.264 e. The Morgan fingerprint density at radius 3 is 2.17 bits per heavy atom. The number of ether oxygens (including phenoxy) is 1. The molecule has 120 valence electrons. The number of rotatable bonds is 6. The molecule has 0 unspecified atom stereocenters. The largest absolute Gasteiger partial charge is 0.484 e. The summed E-state index contributed by atoms with van der Waals surface area (Å²) >= 11 is 0. The van der Waals surface area contributed by atoms with E-state index in [1.54, 1.807) is 36.4 Å². The molecule has 5 heteroatoms. The molecule has 0 saturated heterocycles. The van der Waals surface area contributed by atoms with Crippen LogP contribution >= 0.6 is 0 Å². The zero-order chi connectivity index (χ0) is 16.8. The molecule has 2 aromatic rings. The third kappa shape index (κ3) is 4.39. The van der Waals surface area contributed by atoms with E-state index in [4.69, 9.17) is 4.74 Å². The van der Waals surface area contributed by atoms with E-state index in [0.29, 0.717) is 23.5 Å². The summed E-state index contributed by atoms with van der Waals surface area (Å²) in [6.07, 6.45) is 0. The monoisotopic (exact) mass is 315 g/mol. The second kappa shape index (κ2) is 7.54. The van der Waals surface area contributed by atoms with E-state index in [2.05, 4.69) is 0 Å². The van der Waals surface area contributed by atoms with Crippen LogP contribution in [0.3, 0.4) is 0 Å². The summed E-state index contributed by atoms with van der Waals surface area (Å²) in [4.78, 5) is 25.0. The Morgan fingerprint density at radius 1 is 1.04 bits per heavy atom. The Balaban J connectivity index is 1.99. The van der Waals surface area contributed by atoms with Crippen LogP contribution in [-0.4, -0.2) is 24.8 Å². The number of carbonyl (C=O) groups is 2. The molecule has 23 heavy (non-hydrogen) atoms. The number of carbonyl (C=O) groups excluding carboxylic acids is 2. The Morgan fingerprint density at radius 2 is 1.65 bits per heavy atom. The number of ketones is 1. The Labute approximate surface area is 134 Å². The molecule has 4 nitrogen and oxygen atoms in total. The third-order valence-corrected chi connectivity index (χ3v) is 3.38. The van der Waals surface area contributed by atoms with Crippen LogP contribution in [0.1, 0.15) is 24.2 Å². The van der Waals surface area contributed by atoms with Crippen LogP contribution in [0.4, 0.5) is 10.1 Å². The lowest BCUT2D eigenvalue weighted by Crippen LogP contribution is -2.34. The van der Waals surface area contributed by atoms with Gasteiger partial charge in [-0.05, 0) is 62.4 Å². The molecule has 0 saturated carbocycles. The van der Waals surface area contributed by atoms with E-state index >= 15 is 0 Å². The number of Topliss-reactive ketones (excluding diaryl/α,β-unsaturated/α-hetero) is 1. The second-order valence-corrected chi connectivity index (χ2v) is 4.98. The number of likely N-dealkylation sites (N-methyl/N-ethyl adjacent to an activating group) is 1. The van der Waals surface area contributed by atoms with Crippen molar-refractivity contribution in [2.75, 3.05) is 18.1 Å². The van der Waals surface area contributed by atoms with Crippen LogP contribution in [0.15, 0.2) is 48.5 Å². The fourth-order valence-electron chi connectivity index (χ4n) is 2.13. The maximum absolute atomic E-state index is 13.0. The summed E-state index contributed by atoms with van der Waals surface area (Å²) in [5.41, 5.74) is 1.21. The zero-order valence-corrected chi connectivity index (χ0v) is 13.1. The van der Waals surface area contributed by atoms with Crippen molar-refractivity contribution in [2.24, 2.45) is 0 Å². The summed E-state index contributed by atoms with van der Waals surface area (Å²) in [5, 5.41) is 0. The van der Waals surface area contributed by atoms with Gasteiger partial charge in [-0.1, -0.05) is 0 Å². The highest BCUT2D eigenvalue weighted by Crippen LogP contribution is 2.16. The normalized spacial score (nSPS) is 10.2. The van der Waals surface area contributed by atoms with Gasteiger partial charge in [0, 0.05) is 17.8 Å². The van der Waals surface area contributed by atoms with Crippen LogP contribution < -0.4 is 9.64 Å². The van der Waals surface area contributed by atoms with Gasteiger partial charge >= 0.3 is 0 Å². The lowest BCUT2D eigenvalue weighted by Gasteiger charge is -2.21. The van der Waals surface area contributed by atoms with Crippen LogP contribution in [0.25, 0.3) is 0 Å². The van der Waals surface area contributed by atoms with Gasteiger partial charge in [0.05, 0.1) is 0 Å². The molecule has 0 radical (unpaired) electrons.